The molecule has 0 bridgehead atoms. The molecular weight excluding hydrogens is 496 g/mol. The highest BCUT2D eigenvalue weighted by Gasteiger charge is 2.15. The molecule has 0 aliphatic heterocycles. The lowest BCUT2D eigenvalue weighted by Crippen LogP contribution is -2.28. The van der Waals surface area contributed by atoms with Crippen LogP contribution in [0.1, 0.15) is 28.4 Å². The predicted molar refractivity (Wildman–Crippen MR) is 147 cm³/mol. The molecule has 4 rings (SSSR count). The van der Waals surface area contributed by atoms with Gasteiger partial charge in [0.2, 0.25) is 0 Å². The Morgan fingerprint density at radius 1 is 1.06 bits per heavy atom. The number of anilines is 1. The summed E-state index contributed by atoms with van der Waals surface area (Å²) in [7, 11) is 1.47. The lowest BCUT2D eigenvalue weighted by atomic mass is 10.1. The van der Waals surface area contributed by atoms with E-state index in [-0.39, 0.29) is 5.56 Å². The first-order valence-electron chi connectivity index (χ1n) is 11.2. The van der Waals surface area contributed by atoms with Crippen molar-refractivity contribution in [3.8, 4) is 17.2 Å². The molecule has 0 saturated carbocycles. The average Bonchev–Trinajstić information content (AvgIpc) is 2.88. The van der Waals surface area contributed by atoms with Gasteiger partial charge in [0.05, 0.1) is 28.9 Å². The second-order valence-electron chi connectivity index (χ2n) is 7.96. The molecule has 0 unspecified atom stereocenters. The van der Waals surface area contributed by atoms with Crippen LogP contribution in [-0.4, -0.2) is 23.1 Å². The minimum absolute atomic E-state index is 0.239. The van der Waals surface area contributed by atoms with Crippen LogP contribution < -0.4 is 25.8 Å². The Kier molecular flexibility index (Phi) is 7.87. The Balaban J connectivity index is 1.46. The van der Waals surface area contributed by atoms with Crippen molar-refractivity contribution in [2.24, 2.45) is 5.73 Å². The molecule has 36 heavy (non-hydrogen) atoms. The predicted octanol–water partition coefficient (Wildman–Crippen LogP) is 5.84. The zero-order valence-corrected chi connectivity index (χ0v) is 21.4. The molecular formula is C27H25ClN4O3S. The highest BCUT2D eigenvalue weighted by Crippen LogP contribution is 2.35. The zero-order chi connectivity index (χ0) is 25.7. The van der Waals surface area contributed by atoms with Crippen molar-refractivity contribution >= 4 is 51.4 Å². The maximum Gasteiger partial charge on any atom is 0.252 e. The molecule has 0 saturated heterocycles. The summed E-state index contributed by atoms with van der Waals surface area (Å²) in [6.07, 6.45) is 2.62. The summed E-state index contributed by atoms with van der Waals surface area (Å²) < 4.78 is 11.3. The first-order valence-corrected chi connectivity index (χ1v) is 12.0. The Bertz CT molecular complexity index is 1430. The third-order valence-electron chi connectivity index (χ3n) is 5.59. The number of carbonyl (C=O) groups is 1. The molecule has 7 nitrogen and oxygen atoms in total. The topological polar surface area (TPSA) is 98.5 Å². The summed E-state index contributed by atoms with van der Waals surface area (Å²) in [5, 5.41) is 7.80. The van der Waals surface area contributed by atoms with Crippen molar-refractivity contribution in [2.45, 2.75) is 19.9 Å². The summed E-state index contributed by atoms with van der Waals surface area (Å²) in [6, 6.07) is 18.6. The maximum absolute atomic E-state index is 11.9. The summed E-state index contributed by atoms with van der Waals surface area (Å²) in [5.74, 6) is 0.739. The van der Waals surface area contributed by atoms with Crippen LogP contribution in [0.3, 0.4) is 0 Å². The number of halogens is 1. The molecule has 1 heterocycles. The Labute approximate surface area is 219 Å². The smallest absolute Gasteiger partial charge is 0.252 e. The molecule has 0 spiro atoms. The second-order valence-corrected chi connectivity index (χ2v) is 8.78. The van der Waals surface area contributed by atoms with Gasteiger partial charge in [-0.3, -0.25) is 9.78 Å². The molecule has 9 heteroatoms. The standard InChI is InChI=1S/C27H25ClN4O3S/c1-3-16-4-6-17(7-5-16)15-31-27(36)32-22-9-8-18(12-21(22)28)35-24-10-11-30-23-14-25(34-2)20(26(29)33)13-19(23)24/h4-14H,3,15H2,1-2H3,(H2,29,33)(H2,31,32,36). The zero-order valence-electron chi connectivity index (χ0n) is 19.8. The highest BCUT2D eigenvalue weighted by molar-refractivity contribution is 7.80. The second kappa shape index (κ2) is 11.2. The molecule has 3 aromatic carbocycles. The van der Waals surface area contributed by atoms with Crippen molar-refractivity contribution < 1.29 is 14.3 Å². The molecule has 0 radical (unpaired) electrons. The first kappa shape index (κ1) is 25.2. The number of primary amides is 1. The number of carbonyl (C=O) groups excluding carboxylic acids is 1. The van der Waals surface area contributed by atoms with Gasteiger partial charge in [0.1, 0.15) is 17.2 Å². The number of aryl methyl sites for hydroxylation is 1. The lowest BCUT2D eigenvalue weighted by Gasteiger charge is -2.14. The van der Waals surface area contributed by atoms with Gasteiger partial charge in [-0.15, -0.1) is 0 Å². The van der Waals surface area contributed by atoms with Gasteiger partial charge in [-0.25, -0.2) is 0 Å². The third kappa shape index (κ3) is 5.84. The van der Waals surface area contributed by atoms with Gasteiger partial charge in [0.15, 0.2) is 5.11 Å². The number of thiocarbonyl (C=S) groups is 1. The molecule has 4 aromatic rings. The Hall–Kier alpha value is -3.88. The number of fused-ring (bicyclic) bond motifs is 1. The van der Waals surface area contributed by atoms with Crippen LogP contribution in [0.5, 0.6) is 17.2 Å². The van der Waals surface area contributed by atoms with E-state index in [1.54, 1.807) is 42.6 Å². The van der Waals surface area contributed by atoms with Crippen LogP contribution in [0.15, 0.2) is 66.9 Å². The fourth-order valence-corrected chi connectivity index (χ4v) is 4.03. The SMILES string of the molecule is CCc1ccc(CNC(=S)Nc2ccc(Oc3ccnc4cc(OC)c(C(N)=O)cc34)cc2Cl)cc1. The molecule has 0 atom stereocenters. The van der Waals surface area contributed by atoms with Gasteiger partial charge in [-0.05, 0) is 54.0 Å². The van der Waals surface area contributed by atoms with Crippen LogP contribution in [0, 0.1) is 0 Å². The van der Waals surface area contributed by atoms with Crippen molar-refractivity contribution in [3.63, 3.8) is 0 Å². The van der Waals surface area contributed by atoms with E-state index in [0.717, 1.165) is 12.0 Å². The molecule has 1 amide bonds. The molecule has 184 valence electrons. The monoisotopic (exact) mass is 520 g/mol. The van der Waals surface area contributed by atoms with Crippen LogP contribution in [-0.2, 0) is 13.0 Å². The van der Waals surface area contributed by atoms with Crippen molar-refractivity contribution in [3.05, 3.63) is 88.6 Å². The molecule has 0 aliphatic carbocycles. The molecule has 1 aromatic heterocycles. The van der Waals surface area contributed by atoms with Gasteiger partial charge in [-0.2, -0.15) is 0 Å². The summed E-state index contributed by atoms with van der Waals surface area (Å²) >= 11 is 11.9. The quantitative estimate of drug-likeness (QED) is 0.251. The van der Waals surface area contributed by atoms with E-state index in [1.165, 1.54) is 12.7 Å². The minimum Gasteiger partial charge on any atom is -0.496 e. The van der Waals surface area contributed by atoms with E-state index in [9.17, 15) is 4.79 Å². The number of benzene rings is 3. The maximum atomic E-state index is 11.9. The van der Waals surface area contributed by atoms with E-state index >= 15 is 0 Å². The van der Waals surface area contributed by atoms with E-state index in [2.05, 4.69) is 46.8 Å². The summed E-state index contributed by atoms with van der Waals surface area (Å²) in [5.41, 5.74) is 9.41. The number of pyridine rings is 1. The number of nitrogens with two attached hydrogens (primary N) is 1. The number of methoxy groups -OCH3 is 1. The van der Waals surface area contributed by atoms with Crippen molar-refractivity contribution in [1.82, 2.24) is 10.3 Å². The van der Waals surface area contributed by atoms with Crippen molar-refractivity contribution in [2.75, 3.05) is 12.4 Å². The van der Waals surface area contributed by atoms with Crippen LogP contribution in [0.25, 0.3) is 10.9 Å². The van der Waals surface area contributed by atoms with Gasteiger partial charge in [0, 0.05) is 30.3 Å². The first-order chi connectivity index (χ1) is 17.4. The van der Waals surface area contributed by atoms with Crippen molar-refractivity contribution in [1.29, 1.82) is 0 Å². The van der Waals surface area contributed by atoms with Gasteiger partial charge in [0.25, 0.3) is 5.91 Å². The highest BCUT2D eigenvalue weighted by atomic mass is 35.5. The third-order valence-corrected chi connectivity index (χ3v) is 6.15. The van der Waals surface area contributed by atoms with E-state index in [4.69, 9.17) is 39.0 Å². The summed E-state index contributed by atoms with van der Waals surface area (Å²) in [6.45, 7) is 2.73. The van der Waals surface area contributed by atoms with Gasteiger partial charge >= 0.3 is 0 Å². The fourth-order valence-electron chi connectivity index (χ4n) is 3.63. The Morgan fingerprint density at radius 3 is 2.47 bits per heavy atom. The van der Waals surface area contributed by atoms with Gasteiger partial charge in [-0.1, -0.05) is 42.8 Å². The minimum atomic E-state index is -0.607. The van der Waals surface area contributed by atoms with Gasteiger partial charge < -0.3 is 25.8 Å². The largest absolute Gasteiger partial charge is 0.496 e. The van der Waals surface area contributed by atoms with Crippen LogP contribution >= 0.6 is 23.8 Å². The van der Waals surface area contributed by atoms with E-state index < -0.39 is 5.91 Å². The number of hydrogen-bond donors (Lipinski definition) is 3. The van der Waals surface area contributed by atoms with E-state index in [1.807, 2.05) is 0 Å². The fraction of sp³-hybridized carbons (Fsp3) is 0.148. The van der Waals surface area contributed by atoms with Crippen LogP contribution in [0.4, 0.5) is 5.69 Å². The Morgan fingerprint density at radius 2 is 1.81 bits per heavy atom. The number of amides is 1. The van der Waals surface area contributed by atoms with Crippen LogP contribution in [0.2, 0.25) is 5.02 Å². The number of hydrogen-bond acceptors (Lipinski definition) is 5. The average molecular weight is 521 g/mol. The number of nitrogens with zero attached hydrogens (tertiary/aromatic N) is 1. The number of ether oxygens (including phenoxy) is 2. The molecule has 0 fully saturated rings. The number of rotatable bonds is 8. The molecule has 0 aliphatic rings. The normalized spacial score (nSPS) is 10.6. The number of aromatic nitrogens is 1. The lowest BCUT2D eigenvalue weighted by molar-refractivity contribution is 0.0997. The molecule has 4 N–H and O–H groups in total. The summed E-state index contributed by atoms with van der Waals surface area (Å²) in [4.78, 5) is 16.2. The number of nitrogens with one attached hydrogen (secondary N) is 2. The van der Waals surface area contributed by atoms with E-state index in [0.29, 0.717) is 50.5 Å².